The molecule has 1 aromatic rings. The molecule has 80 valence electrons. The Hall–Kier alpha value is -1.71. The van der Waals surface area contributed by atoms with Gasteiger partial charge < -0.3 is 15.8 Å². The number of para-hydroxylation sites is 1. The Morgan fingerprint density at radius 3 is 3.07 bits per heavy atom. The van der Waals surface area contributed by atoms with Crippen LogP contribution in [0.4, 0.5) is 5.69 Å². The van der Waals surface area contributed by atoms with E-state index in [9.17, 15) is 0 Å². The van der Waals surface area contributed by atoms with Crippen LogP contribution in [-0.4, -0.2) is 24.1 Å². The molecule has 1 aromatic carbocycles. The van der Waals surface area contributed by atoms with Gasteiger partial charge in [0.05, 0.1) is 0 Å². The highest BCUT2D eigenvalue weighted by molar-refractivity contribution is 5.80. The van der Waals surface area contributed by atoms with Crippen molar-refractivity contribution < 1.29 is 5.21 Å². The Kier molecular flexibility index (Phi) is 2.76. The van der Waals surface area contributed by atoms with Gasteiger partial charge in [-0.25, -0.2) is 0 Å². The van der Waals surface area contributed by atoms with Crippen LogP contribution < -0.4 is 10.6 Å². The lowest BCUT2D eigenvalue weighted by molar-refractivity contribution is 0.317. The molecular weight excluding hydrogens is 190 g/mol. The quantitative estimate of drug-likeness (QED) is 0.337. The van der Waals surface area contributed by atoms with Crippen LogP contribution in [0.2, 0.25) is 0 Å². The van der Waals surface area contributed by atoms with Crippen LogP contribution >= 0.6 is 0 Å². The average molecular weight is 205 g/mol. The van der Waals surface area contributed by atoms with Crippen molar-refractivity contribution in [3.05, 3.63) is 29.8 Å². The highest BCUT2D eigenvalue weighted by Crippen LogP contribution is 2.27. The van der Waals surface area contributed by atoms with E-state index in [2.05, 4.69) is 28.3 Å². The Bertz CT molecular complexity index is 376. The van der Waals surface area contributed by atoms with Crippen LogP contribution in [-0.2, 0) is 6.42 Å². The minimum absolute atomic E-state index is 0.291. The molecule has 1 heterocycles. The molecule has 15 heavy (non-hydrogen) atoms. The Morgan fingerprint density at radius 2 is 2.27 bits per heavy atom. The van der Waals surface area contributed by atoms with Crippen LogP contribution in [0.5, 0.6) is 0 Å². The van der Waals surface area contributed by atoms with Crippen LogP contribution in [0, 0.1) is 0 Å². The number of benzene rings is 1. The fourth-order valence-electron chi connectivity index (χ4n) is 1.94. The molecule has 0 spiro atoms. The first-order chi connectivity index (χ1) is 7.31. The van der Waals surface area contributed by atoms with Gasteiger partial charge in [-0.15, -0.1) is 0 Å². The van der Waals surface area contributed by atoms with Crippen LogP contribution in [0.15, 0.2) is 29.4 Å². The number of rotatable bonds is 3. The lowest BCUT2D eigenvalue weighted by Gasteiger charge is -2.18. The Labute approximate surface area is 89.0 Å². The SMILES string of the molecule is N/C(CCN1CCc2ccccc21)=N\O. The van der Waals surface area contributed by atoms with E-state index in [-0.39, 0.29) is 0 Å². The highest BCUT2D eigenvalue weighted by Gasteiger charge is 2.17. The third kappa shape index (κ3) is 2.03. The number of hydrogen-bond acceptors (Lipinski definition) is 3. The van der Waals surface area contributed by atoms with E-state index >= 15 is 0 Å². The molecule has 0 aliphatic carbocycles. The molecule has 0 amide bonds. The Morgan fingerprint density at radius 1 is 1.47 bits per heavy atom. The van der Waals surface area contributed by atoms with Crippen LogP contribution in [0.25, 0.3) is 0 Å². The highest BCUT2D eigenvalue weighted by atomic mass is 16.4. The molecule has 0 radical (unpaired) electrons. The zero-order valence-corrected chi connectivity index (χ0v) is 8.56. The van der Waals surface area contributed by atoms with Crippen molar-refractivity contribution in [2.24, 2.45) is 10.9 Å². The minimum Gasteiger partial charge on any atom is -0.409 e. The van der Waals surface area contributed by atoms with Gasteiger partial charge in [-0.1, -0.05) is 23.4 Å². The van der Waals surface area contributed by atoms with E-state index in [0.29, 0.717) is 12.3 Å². The number of amidine groups is 1. The molecule has 0 atom stereocenters. The van der Waals surface area contributed by atoms with E-state index in [4.69, 9.17) is 10.9 Å². The number of nitrogens with zero attached hydrogens (tertiary/aromatic N) is 2. The predicted octanol–water partition coefficient (Wildman–Crippen LogP) is 1.19. The van der Waals surface area contributed by atoms with Gasteiger partial charge >= 0.3 is 0 Å². The van der Waals surface area contributed by atoms with E-state index in [1.54, 1.807) is 0 Å². The second-order valence-corrected chi connectivity index (χ2v) is 3.71. The zero-order valence-electron chi connectivity index (χ0n) is 8.56. The summed E-state index contributed by atoms with van der Waals surface area (Å²) in [5, 5.41) is 11.4. The third-order valence-electron chi connectivity index (χ3n) is 2.75. The number of fused-ring (bicyclic) bond motifs is 1. The summed E-state index contributed by atoms with van der Waals surface area (Å²) in [6.45, 7) is 1.84. The molecule has 4 heteroatoms. The van der Waals surface area contributed by atoms with Gasteiger partial charge in [0.1, 0.15) is 5.84 Å². The molecule has 1 aliphatic rings. The first-order valence-electron chi connectivity index (χ1n) is 5.10. The predicted molar refractivity (Wildman–Crippen MR) is 60.4 cm³/mol. The van der Waals surface area contributed by atoms with Gasteiger partial charge in [-0.2, -0.15) is 0 Å². The first kappa shape index (κ1) is 9.83. The molecule has 2 rings (SSSR count). The maximum atomic E-state index is 8.45. The smallest absolute Gasteiger partial charge is 0.140 e. The minimum atomic E-state index is 0.291. The molecule has 1 aliphatic heterocycles. The summed E-state index contributed by atoms with van der Waals surface area (Å²) in [5.41, 5.74) is 8.11. The van der Waals surface area contributed by atoms with Gasteiger partial charge in [0, 0.05) is 25.2 Å². The summed E-state index contributed by atoms with van der Waals surface area (Å²) in [5.74, 6) is 0.291. The largest absolute Gasteiger partial charge is 0.409 e. The van der Waals surface area contributed by atoms with Crippen molar-refractivity contribution >= 4 is 11.5 Å². The topological polar surface area (TPSA) is 61.8 Å². The summed E-state index contributed by atoms with van der Waals surface area (Å²) < 4.78 is 0. The molecular formula is C11H15N3O. The van der Waals surface area contributed by atoms with Crippen LogP contribution in [0.3, 0.4) is 0 Å². The summed E-state index contributed by atoms with van der Waals surface area (Å²) in [6, 6.07) is 8.37. The second-order valence-electron chi connectivity index (χ2n) is 3.71. The van der Waals surface area contributed by atoms with Crippen molar-refractivity contribution in [2.45, 2.75) is 12.8 Å². The fourth-order valence-corrected chi connectivity index (χ4v) is 1.94. The van der Waals surface area contributed by atoms with E-state index in [1.807, 2.05) is 6.07 Å². The standard InChI is InChI=1S/C11H15N3O/c12-11(13-15)6-8-14-7-5-9-3-1-2-4-10(9)14/h1-4,15H,5-8H2,(H2,12,13). The molecule has 0 saturated heterocycles. The van der Waals surface area contributed by atoms with Crippen LogP contribution in [0.1, 0.15) is 12.0 Å². The normalized spacial score (nSPS) is 15.5. The van der Waals surface area contributed by atoms with E-state index < -0.39 is 0 Å². The van der Waals surface area contributed by atoms with Crippen molar-refractivity contribution in [1.82, 2.24) is 0 Å². The molecule has 0 fully saturated rings. The molecule has 0 bridgehead atoms. The average Bonchev–Trinajstić information content (AvgIpc) is 2.69. The molecule has 0 aromatic heterocycles. The maximum absolute atomic E-state index is 8.45. The number of hydrogen-bond donors (Lipinski definition) is 2. The number of oxime groups is 1. The van der Waals surface area contributed by atoms with Gasteiger partial charge in [0.15, 0.2) is 0 Å². The summed E-state index contributed by atoms with van der Waals surface area (Å²) in [6.07, 6.45) is 1.69. The van der Waals surface area contributed by atoms with E-state index in [1.165, 1.54) is 11.3 Å². The summed E-state index contributed by atoms with van der Waals surface area (Å²) >= 11 is 0. The van der Waals surface area contributed by atoms with Crippen molar-refractivity contribution in [1.29, 1.82) is 0 Å². The van der Waals surface area contributed by atoms with Crippen molar-refractivity contribution in [3.8, 4) is 0 Å². The van der Waals surface area contributed by atoms with Gasteiger partial charge in [-0.3, -0.25) is 0 Å². The van der Waals surface area contributed by atoms with Crippen molar-refractivity contribution in [3.63, 3.8) is 0 Å². The number of nitrogens with two attached hydrogens (primary N) is 1. The fraction of sp³-hybridized carbons (Fsp3) is 0.364. The maximum Gasteiger partial charge on any atom is 0.140 e. The Balaban J connectivity index is 2.02. The molecule has 0 saturated carbocycles. The lowest BCUT2D eigenvalue weighted by Crippen LogP contribution is -2.26. The van der Waals surface area contributed by atoms with E-state index in [0.717, 1.165) is 19.5 Å². The lowest BCUT2D eigenvalue weighted by atomic mass is 10.2. The monoisotopic (exact) mass is 205 g/mol. The third-order valence-corrected chi connectivity index (χ3v) is 2.75. The van der Waals surface area contributed by atoms with Gasteiger partial charge in [0.2, 0.25) is 0 Å². The van der Waals surface area contributed by atoms with Crippen molar-refractivity contribution in [2.75, 3.05) is 18.0 Å². The summed E-state index contributed by atoms with van der Waals surface area (Å²) in [4.78, 5) is 2.27. The van der Waals surface area contributed by atoms with Gasteiger partial charge in [0.25, 0.3) is 0 Å². The number of anilines is 1. The molecule has 0 unspecified atom stereocenters. The molecule has 4 nitrogen and oxygen atoms in total. The zero-order chi connectivity index (χ0) is 10.7. The molecule has 3 N–H and O–H groups in total. The first-order valence-corrected chi connectivity index (χ1v) is 5.10. The second kappa shape index (κ2) is 4.21. The summed E-state index contributed by atoms with van der Waals surface area (Å²) in [7, 11) is 0. The van der Waals surface area contributed by atoms with Gasteiger partial charge in [-0.05, 0) is 18.1 Å².